The van der Waals surface area contributed by atoms with Gasteiger partial charge in [0.15, 0.2) is 0 Å². The molecule has 1 heterocycles. The van der Waals surface area contributed by atoms with Crippen LogP contribution in [0.4, 0.5) is 5.00 Å². The lowest BCUT2D eigenvalue weighted by Gasteiger charge is -2.20. The molecule has 1 saturated carbocycles. The molecule has 2 amide bonds. The second kappa shape index (κ2) is 6.18. The van der Waals surface area contributed by atoms with Gasteiger partial charge in [-0.25, -0.2) is 0 Å². The number of aryl methyl sites for hydroxylation is 1. The Balaban J connectivity index is 1.81. The van der Waals surface area contributed by atoms with Gasteiger partial charge in [0, 0.05) is 17.8 Å². The molecule has 0 spiro atoms. The summed E-state index contributed by atoms with van der Waals surface area (Å²) in [5.74, 6) is 0.140. The molecule has 5 heteroatoms. The summed E-state index contributed by atoms with van der Waals surface area (Å²) in [6, 6.07) is 0. The Hall–Kier alpha value is -1.36. The largest absolute Gasteiger partial charge is 0.355 e. The third-order valence-corrected chi connectivity index (χ3v) is 5.80. The summed E-state index contributed by atoms with van der Waals surface area (Å²) in [6.45, 7) is 0. The van der Waals surface area contributed by atoms with Gasteiger partial charge in [0.25, 0.3) is 5.91 Å². The molecular weight excluding hydrogens is 284 g/mol. The number of carbonyl (C=O) groups excluding carboxylic acids is 2. The quantitative estimate of drug-likeness (QED) is 0.901. The summed E-state index contributed by atoms with van der Waals surface area (Å²) in [4.78, 5) is 25.8. The number of carbonyl (C=O) groups is 2. The van der Waals surface area contributed by atoms with Crippen molar-refractivity contribution in [3.63, 3.8) is 0 Å². The molecule has 21 heavy (non-hydrogen) atoms. The van der Waals surface area contributed by atoms with E-state index in [0.717, 1.165) is 55.5 Å². The van der Waals surface area contributed by atoms with Crippen LogP contribution in [0.1, 0.15) is 59.3 Å². The van der Waals surface area contributed by atoms with E-state index in [-0.39, 0.29) is 17.7 Å². The molecule has 1 aromatic heterocycles. The van der Waals surface area contributed by atoms with Crippen molar-refractivity contribution in [1.82, 2.24) is 5.32 Å². The number of hydrogen-bond donors (Lipinski definition) is 2. The van der Waals surface area contributed by atoms with Crippen molar-refractivity contribution in [2.24, 2.45) is 5.92 Å². The molecule has 1 aromatic rings. The van der Waals surface area contributed by atoms with E-state index in [1.54, 1.807) is 18.4 Å². The zero-order valence-corrected chi connectivity index (χ0v) is 13.3. The van der Waals surface area contributed by atoms with E-state index in [1.807, 2.05) is 0 Å². The van der Waals surface area contributed by atoms with Crippen LogP contribution in [0.15, 0.2) is 0 Å². The van der Waals surface area contributed by atoms with Crippen LogP contribution in [0.5, 0.6) is 0 Å². The van der Waals surface area contributed by atoms with Crippen LogP contribution >= 0.6 is 11.3 Å². The Morgan fingerprint density at radius 1 is 1.10 bits per heavy atom. The molecule has 0 aliphatic heterocycles. The molecule has 0 aromatic carbocycles. The highest BCUT2D eigenvalue weighted by Crippen LogP contribution is 2.39. The van der Waals surface area contributed by atoms with Crippen LogP contribution in [0.3, 0.4) is 0 Å². The van der Waals surface area contributed by atoms with Crippen LogP contribution < -0.4 is 10.6 Å². The van der Waals surface area contributed by atoms with Crippen molar-refractivity contribution < 1.29 is 9.59 Å². The Labute approximate surface area is 129 Å². The number of nitrogens with one attached hydrogen (secondary N) is 2. The van der Waals surface area contributed by atoms with Gasteiger partial charge < -0.3 is 10.6 Å². The number of anilines is 1. The fraction of sp³-hybridized carbons (Fsp3) is 0.625. The number of hydrogen-bond acceptors (Lipinski definition) is 3. The molecule has 0 radical (unpaired) electrons. The van der Waals surface area contributed by atoms with Crippen molar-refractivity contribution in [3.8, 4) is 0 Å². The molecule has 4 nitrogen and oxygen atoms in total. The van der Waals surface area contributed by atoms with Crippen molar-refractivity contribution >= 4 is 28.2 Å². The molecule has 1 fully saturated rings. The van der Waals surface area contributed by atoms with E-state index in [1.165, 1.54) is 11.3 Å². The van der Waals surface area contributed by atoms with Crippen LogP contribution in [-0.4, -0.2) is 18.9 Å². The summed E-state index contributed by atoms with van der Waals surface area (Å²) in [6.07, 6.45) is 8.57. The Bertz CT molecular complexity index is 559. The first-order valence-corrected chi connectivity index (χ1v) is 8.70. The molecule has 0 bridgehead atoms. The lowest BCUT2D eigenvalue weighted by Crippen LogP contribution is -2.26. The SMILES string of the molecule is CNC(=O)c1c(NC(=O)C2CCCCC2)sc2c1CCC2. The van der Waals surface area contributed by atoms with E-state index in [9.17, 15) is 9.59 Å². The van der Waals surface area contributed by atoms with Crippen molar-refractivity contribution in [3.05, 3.63) is 16.0 Å². The van der Waals surface area contributed by atoms with Crippen molar-refractivity contribution in [1.29, 1.82) is 0 Å². The molecule has 0 saturated heterocycles. The summed E-state index contributed by atoms with van der Waals surface area (Å²) in [5, 5.41) is 6.51. The van der Waals surface area contributed by atoms with Crippen LogP contribution in [-0.2, 0) is 17.6 Å². The summed E-state index contributed by atoms with van der Waals surface area (Å²) in [7, 11) is 1.65. The molecule has 2 aliphatic carbocycles. The second-order valence-electron chi connectivity index (χ2n) is 5.96. The van der Waals surface area contributed by atoms with Gasteiger partial charge in [-0.1, -0.05) is 19.3 Å². The van der Waals surface area contributed by atoms with E-state index in [0.29, 0.717) is 5.56 Å². The predicted molar refractivity (Wildman–Crippen MR) is 84.9 cm³/mol. The van der Waals surface area contributed by atoms with Crippen LogP contribution in [0.2, 0.25) is 0 Å². The van der Waals surface area contributed by atoms with Crippen molar-refractivity contribution in [2.45, 2.75) is 51.4 Å². The minimum absolute atomic E-state index is 0.0756. The van der Waals surface area contributed by atoms with Gasteiger partial charge in [-0.2, -0.15) is 0 Å². The fourth-order valence-electron chi connectivity index (χ4n) is 3.44. The van der Waals surface area contributed by atoms with Gasteiger partial charge in [0.2, 0.25) is 5.91 Å². The average Bonchev–Trinajstić information content (AvgIpc) is 3.07. The van der Waals surface area contributed by atoms with Gasteiger partial charge in [-0.05, 0) is 37.7 Å². The molecule has 3 rings (SSSR count). The highest BCUT2D eigenvalue weighted by atomic mass is 32.1. The fourth-order valence-corrected chi connectivity index (χ4v) is 4.73. The summed E-state index contributed by atoms with van der Waals surface area (Å²) in [5.41, 5.74) is 1.86. The smallest absolute Gasteiger partial charge is 0.254 e. The zero-order valence-electron chi connectivity index (χ0n) is 12.5. The molecular formula is C16H22N2O2S. The number of thiophene rings is 1. The molecule has 0 unspecified atom stereocenters. The number of rotatable bonds is 3. The molecule has 2 aliphatic rings. The Morgan fingerprint density at radius 2 is 1.86 bits per heavy atom. The molecule has 114 valence electrons. The lowest BCUT2D eigenvalue weighted by molar-refractivity contribution is -0.120. The lowest BCUT2D eigenvalue weighted by atomic mass is 9.89. The van der Waals surface area contributed by atoms with Gasteiger partial charge in [0.1, 0.15) is 5.00 Å². The van der Waals surface area contributed by atoms with Gasteiger partial charge in [-0.3, -0.25) is 9.59 Å². The monoisotopic (exact) mass is 306 g/mol. The Morgan fingerprint density at radius 3 is 2.57 bits per heavy atom. The van der Waals surface area contributed by atoms with Gasteiger partial charge in [-0.15, -0.1) is 11.3 Å². The first-order valence-electron chi connectivity index (χ1n) is 7.88. The number of fused-ring (bicyclic) bond motifs is 1. The van der Waals surface area contributed by atoms with E-state index in [4.69, 9.17) is 0 Å². The minimum Gasteiger partial charge on any atom is -0.355 e. The maximum atomic E-state index is 12.4. The average molecular weight is 306 g/mol. The third kappa shape index (κ3) is 2.84. The summed E-state index contributed by atoms with van der Waals surface area (Å²) >= 11 is 1.59. The van der Waals surface area contributed by atoms with Gasteiger partial charge in [0.05, 0.1) is 5.56 Å². The Kier molecular flexibility index (Phi) is 4.29. The first kappa shape index (κ1) is 14.6. The normalized spacial score (nSPS) is 18.3. The maximum Gasteiger partial charge on any atom is 0.254 e. The van der Waals surface area contributed by atoms with Gasteiger partial charge >= 0.3 is 0 Å². The van der Waals surface area contributed by atoms with E-state index < -0.39 is 0 Å². The van der Waals surface area contributed by atoms with Crippen LogP contribution in [0.25, 0.3) is 0 Å². The highest BCUT2D eigenvalue weighted by Gasteiger charge is 2.28. The standard InChI is InChI=1S/C16H22N2O2S/c1-17-15(20)13-11-8-5-9-12(11)21-16(13)18-14(19)10-6-3-2-4-7-10/h10H,2-9H2,1H3,(H,17,20)(H,18,19). The topological polar surface area (TPSA) is 58.2 Å². The molecule has 2 N–H and O–H groups in total. The minimum atomic E-state index is -0.0756. The van der Waals surface area contributed by atoms with Crippen molar-refractivity contribution in [2.75, 3.05) is 12.4 Å². The third-order valence-electron chi connectivity index (χ3n) is 4.59. The highest BCUT2D eigenvalue weighted by molar-refractivity contribution is 7.17. The van der Waals surface area contributed by atoms with E-state index >= 15 is 0 Å². The van der Waals surface area contributed by atoms with E-state index in [2.05, 4.69) is 10.6 Å². The maximum absolute atomic E-state index is 12.4. The summed E-state index contributed by atoms with van der Waals surface area (Å²) < 4.78 is 0. The second-order valence-corrected chi connectivity index (χ2v) is 7.07. The molecule has 0 atom stereocenters. The predicted octanol–water partition coefficient (Wildman–Crippen LogP) is 3.12. The first-order chi connectivity index (χ1) is 10.2. The number of amides is 2. The van der Waals surface area contributed by atoms with Crippen LogP contribution in [0, 0.1) is 5.92 Å². The zero-order chi connectivity index (χ0) is 14.8.